The van der Waals surface area contributed by atoms with Gasteiger partial charge in [0.2, 0.25) is 11.8 Å². The van der Waals surface area contributed by atoms with Crippen molar-refractivity contribution in [3.63, 3.8) is 0 Å². The summed E-state index contributed by atoms with van der Waals surface area (Å²) in [7, 11) is -0.324. The van der Waals surface area contributed by atoms with E-state index in [1.165, 1.54) is 17.1 Å². The van der Waals surface area contributed by atoms with Gasteiger partial charge in [-0.2, -0.15) is 15.3 Å². The van der Waals surface area contributed by atoms with Crippen LogP contribution in [0.4, 0.5) is 11.6 Å². The standard InChI is InChI=1S/C27H28N8O3S/c1-19-7-4-5-10-23(19)25-24(16-28)26(31-27(30-25)32-39(36,37)22-17-29-34(3)18-22)38-21-9-6-8-20(15-21)35-13-11-33(2)12-14-35/h4-10,15,17-18H,11-14H2,1-3H3,(H,30,31,32). The van der Waals surface area contributed by atoms with Crippen molar-refractivity contribution >= 4 is 21.7 Å². The Morgan fingerprint density at radius 2 is 1.79 bits per heavy atom. The minimum atomic E-state index is -4.04. The number of hydrogen-bond acceptors (Lipinski definition) is 9. The molecule has 1 fully saturated rings. The number of hydrogen-bond donors (Lipinski definition) is 1. The van der Waals surface area contributed by atoms with Gasteiger partial charge >= 0.3 is 0 Å². The van der Waals surface area contributed by atoms with Crippen LogP contribution in [0.15, 0.2) is 65.8 Å². The first-order chi connectivity index (χ1) is 18.7. The highest BCUT2D eigenvalue weighted by Crippen LogP contribution is 2.34. The third-order valence-corrected chi connectivity index (χ3v) is 7.79. The zero-order chi connectivity index (χ0) is 27.6. The van der Waals surface area contributed by atoms with Crippen LogP contribution in [0.2, 0.25) is 0 Å². The first kappa shape index (κ1) is 26.1. The Morgan fingerprint density at radius 1 is 1.03 bits per heavy atom. The number of nitrogens with one attached hydrogen (secondary N) is 1. The molecule has 1 aliphatic heterocycles. The molecule has 11 nitrogen and oxygen atoms in total. The summed E-state index contributed by atoms with van der Waals surface area (Å²) in [5.41, 5.74) is 2.87. The van der Waals surface area contributed by atoms with Crippen molar-refractivity contribution in [1.82, 2.24) is 24.6 Å². The number of rotatable bonds is 7. The lowest BCUT2D eigenvalue weighted by atomic mass is 10.0. The van der Waals surface area contributed by atoms with Crippen LogP contribution in [0, 0.1) is 18.3 Å². The third-order valence-electron chi connectivity index (χ3n) is 6.51. The van der Waals surface area contributed by atoms with Crippen LogP contribution < -0.4 is 14.4 Å². The lowest BCUT2D eigenvalue weighted by Crippen LogP contribution is -2.44. The summed E-state index contributed by atoms with van der Waals surface area (Å²) in [6.07, 6.45) is 2.60. The Morgan fingerprint density at radius 3 is 2.49 bits per heavy atom. The van der Waals surface area contributed by atoms with E-state index in [-0.39, 0.29) is 28.0 Å². The molecule has 1 aliphatic rings. The van der Waals surface area contributed by atoms with E-state index in [0.29, 0.717) is 11.3 Å². The molecule has 5 rings (SSSR count). The summed E-state index contributed by atoms with van der Waals surface area (Å²) < 4.78 is 36.0. The van der Waals surface area contributed by atoms with Crippen LogP contribution in [0.1, 0.15) is 11.1 Å². The molecule has 0 aliphatic carbocycles. The number of ether oxygens (including phenoxy) is 1. The first-order valence-electron chi connectivity index (χ1n) is 12.3. The SMILES string of the molecule is Cc1ccccc1-c1nc(NS(=O)(=O)c2cnn(C)c2)nc(Oc2cccc(N3CCN(C)CC3)c2)c1C#N. The van der Waals surface area contributed by atoms with Crippen molar-refractivity contribution in [3.05, 3.63) is 72.1 Å². The Balaban J connectivity index is 1.56. The molecule has 0 amide bonds. The average Bonchev–Trinajstić information content (AvgIpc) is 3.36. The van der Waals surface area contributed by atoms with E-state index in [2.05, 4.69) is 42.7 Å². The fraction of sp³-hybridized carbons (Fsp3) is 0.259. The fourth-order valence-corrected chi connectivity index (χ4v) is 5.26. The molecule has 39 heavy (non-hydrogen) atoms. The quantitative estimate of drug-likeness (QED) is 0.372. The maximum Gasteiger partial charge on any atom is 0.267 e. The Hall–Kier alpha value is -4.47. The molecule has 0 atom stereocenters. The maximum atomic E-state index is 13.0. The van der Waals surface area contributed by atoms with Crippen molar-refractivity contribution in [2.75, 3.05) is 42.8 Å². The van der Waals surface area contributed by atoms with Crippen molar-refractivity contribution in [3.8, 4) is 29.0 Å². The highest BCUT2D eigenvalue weighted by Gasteiger charge is 2.24. The maximum absolute atomic E-state index is 13.0. The second-order valence-electron chi connectivity index (χ2n) is 9.35. The van der Waals surface area contributed by atoms with Crippen molar-refractivity contribution in [2.45, 2.75) is 11.8 Å². The Labute approximate surface area is 227 Å². The molecule has 0 saturated carbocycles. The molecule has 0 radical (unpaired) electrons. The number of anilines is 2. The molecule has 2 aromatic heterocycles. The minimum absolute atomic E-state index is 0.0438. The fourth-order valence-electron chi connectivity index (χ4n) is 4.33. The van der Waals surface area contributed by atoms with Gasteiger partial charge in [0.1, 0.15) is 22.3 Å². The number of nitrogens with zero attached hydrogens (tertiary/aromatic N) is 7. The minimum Gasteiger partial charge on any atom is -0.437 e. The smallest absolute Gasteiger partial charge is 0.267 e. The van der Waals surface area contributed by atoms with Gasteiger partial charge in [-0.15, -0.1) is 0 Å². The average molecular weight is 545 g/mol. The van der Waals surface area contributed by atoms with Gasteiger partial charge in [-0.1, -0.05) is 30.3 Å². The van der Waals surface area contributed by atoms with E-state index >= 15 is 0 Å². The van der Waals surface area contributed by atoms with E-state index < -0.39 is 10.0 Å². The van der Waals surface area contributed by atoms with Crippen LogP contribution in [0.5, 0.6) is 11.6 Å². The van der Waals surface area contributed by atoms with Gasteiger partial charge in [-0.25, -0.2) is 18.1 Å². The predicted molar refractivity (Wildman–Crippen MR) is 147 cm³/mol. The molecule has 1 N–H and O–H groups in total. The molecule has 3 heterocycles. The van der Waals surface area contributed by atoms with E-state index in [1.807, 2.05) is 49.4 Å². The van der Waals surface area contributed by atoms with Crippen LogP contribution in [-0.4, -0.2) is 66.3 Å². The number of benzene rings is 2. The van der Waals surface area contributed by atoms with Crippen LogP contribution in [-0.2, 0) is 17.1 Å². The highest BCUT2D eigenvalue weighted by atomic mass is 32.2. The van der Waals surface area contributed by atoms with E-state index in [0.717, 1.165) is 37.4 Å². The van der Waals surface area contributed by atoms with Crippen molar-refractivity contribution in [1.29, 1.82) is 5.26 Å². The lowest BCUT2D eigenvalue weighted by molar-refractivity contribution is 0.312. The summed E-state index contributed by atoms with van der Waals surface area (Å²) in [6.45, 7) is 5.56. The number of likely N-dealkylation sites (N-methyl/N-ethyl adjacent to an activating group) is 1. The van der Waals surface area contributed by atoms with E-state index in [4.69, 9.17) is 4.74 Å². The van der Waals surface area contributed by atoms with Crippen LogP contribution in [0.25, 0.3) is 11.3 Å². The molecular weight excluding hydrogens is 516 g/mol. The number of piperazine rings is 1. The third kappa shape index (κ3) is 5.69. The normalized spacial score (nSPS) is 14.2. The number of sulfonamides is 1. The summed E-state index contributed by atoms with van der Waals surface area (Å²) in [5, 5.41) is 14.1. The van der Waals surface area contributed by atoms with Crippen LogP contribution >= 0.6 is 0 Å². The summed E-state index contributed by atoms with van der Waals surface area (Å²) >= 11 is 0. The lowest BCUT2D eigenvalue weighted by Gasteiger charge is -2.34. The zero-order valence-electron chi connectivity index (χ0n) is 21.9. The number of aromatic nitrogens is 4. The zero-order valence-corrected chi connectivity index (χ0v) is 22.7. The van der Waals surface area contributed by atoms with Gasteiger partial charge in [0.05, 0.1) is 11.9 Å². The highest BCUT2D eigenvalue weighted by molar-refractivity contribution is 7.92. The van der Waals surface area contributed by atoms with Gasteiger partial charge in [-0.3, -0.25) is 4.68 Å². The van der Waals surface area contributed by atoms with Gasteiger partial charge in [0, 0.05) is 56.7 Å². The topological polar surface area (TPSA) is 129 Å². The van der Waals surface area contributed by atoms with Crippen LogP contribution in [0.3, 0.4) is 0 Å². The van der Waals surface area contributed by atoms with Crippen molar-refractivity contribution in [2.24, 2.45) is 7.05 Å². The molecule has 200 valence electrons. The van der Waals surface area contributed by atoms with E-state index in [1.54, 1.807) is 13.1 Å². The van der Waals surface area contributed by atoms with Gasteiger partial charge < -0.3 is 14.5 Å². The molecule has 0 spiro atoms. The number of nitriles is 1. The molecule has 0 bridgehead atoms. The molecule has 0 unspecified atom stereocenters. The summed E-state index contributed by atoms with van der Waals surface area (Å²) in [5.74, 6) is 0.199. The second-order valence-corrected chi connectivity index (χ2v) is 11.0. The summed E-state index contributed by atoms with van der Waals surface area (Å²) in [6, 6.07) is 17.1. The van der Waals surface area contributed by atoms with Gasteiger partial charge in [0.15, 0.2) is 0 Å². The Bertz CT molecular complexity index is 1650. The van der Waals surface area contributed by atoms with E-state index in [9.17, 15) is 13.7 Å². The first-order valence-corrected chi connectivity index (χ1v) is 13.8. The van der Waals surface area contributed by atoms with Gasteiger partial charge in [0.25, 0.3) is 10.0 Å². The summed E-state index contributed by atoms with van der Waals surface area (Å²) in [4.78, 5) is 13.3. The molecular formula is C27H28N8O3S. The largest absolute Gasteiger partial charge is 0.437 e. The predicted octanol–water partition coefficient (Wildman–Crippen LogP) is 3.40. The monoisotopic (exact) mass is 544 g/mol. The van der Waals surface area contributed by atoms with Crippen molar-refractivity contribution < 1.29 is 13.2 Å². The molecule has 4 aromatic rings. The second kappa shape index (κ2) is 10.7. The molecule has 1 saturated heterocycles. The Kier molecular flexibility index (Phi) is 7.19. The molecule has 12 heteroatoms. The van der Waals surface area contributed by atoms with Gasteiger partial charge in [-0.05, 0) is 31.7 Å². The number of aryl methyl sites for hydroxylation is 2. The molecule has 2 aromatic carbocycles.